The highest BCUT2D eigenvalue weighted by Gasteiger charge is 2.12. The first-order valence-electron chi connectivity index (χ1n) is 5.01. The topological polar surface area (TPSA) is 85.8 Å². The Hall–Kier alpha value is -1.43. The van der Waals surface area contributed by atoms with Gasteiger partial charge < -0.3 is 11.1 Å². The van der Waals surface area contributed by atoms with Gasteiger partial charge >= 0.3 is 0 Å². The van der Waals surface area contributed by atoms with Crippen LogP contribution in [-0.4, -0.2) is 26.7 Å². The average Bonchev–Trinajstić information content (AvgIpc) is 2.61. The molecule has 1 rings (SSSR count). The molecule has 1 atom stereocenters. The quantitative estimate of drug-likeness (QED) is 0.691. The molecule has 0 aliphatic heterocycles. The number of aryl methyl sites for hydroxylation is 1. The van der Waals surface area contributed by atoms with Gasteiger partial charge in [-0.05, 0) is 6.42 Å². The maximum atomic E-state index is 11.4. The number of nitrogens with two attached hydrogens (primary N) is 1. The lowest BCUT2D eigenvalue weighted by Gasteiger charge is -2.09. The van der Waals surface area contributed by atoms with E-state index in [0.717, 1.165) is 6.42 Å². The van der Waals surface area contributed by atoms with Gasteiger partial charge in [0.25, 0.3) is 0 Å². The van der Waals surface area contributed by atoms with Crippen LogP contribution in [0.1, 0.15) is 25.6 Å². The molecule has 1 amide bonds. The van der Waals surface area contributed by atoms with Crippen LogP contribution >= 0.6 is 0 Å². The normalized spacial score (nSPS) is 12.5. The molecule has 0 saturated heterocycles. The summed E-state index contributed by atoms with van der Waals surface area (Å²) in [5.41, 5.74) is 5.64. The van der Waals surface area contributed by atoms with E-state index >= 15 is 0 Å². The van der Waals surface area contributed by atoms with Gasteiger partial charge in [-0.1, -0.05) is 13.3 Å². The van der Waals surface area contributed by atoms with Crippen LogP contribution in [0, 0.1) is 0 Å². The Morgan fingerprint density at radius 2 is 2.47 bits per heavy atom. The van der Waals surface area contributed by atoms with Crippen LogP contribution in [0.4, 0.5) is 0 Å². The van der Waals surface area contributed by atoms with Crippen molar-refractivity contribution in [3.63, 3.8) is 0 Å². The molecule has 0 aliphatic carbocycles. The molecule has 0 radical (unpaired) electrons. The Labute approximate surface area is 88.9 Å². The summed E-state index contributed by atoms with van der Waals surface area (Å²) < 4.78 is 1.59. The predicted octanol–water partition coefficient (Wildman–Crippen LogP) is -0.441. The lowest BCUT2D eigenvalue weighted by molar-refractivity contribution is -0.122. The zero-order valence-corrected chi connectivity index (χ0v) is 9.10. The third-order valence-electron chi connectivity index (χ3n) is 2.00. The lowest BCUT2D eigenvalue weighted by Crippen LogP contribution is -2.40. The van der Waals surface area contributed by atoms with Crippen molar-refractivity contribution in [3.8, 4) is 0 Å². The van der Waals surface area contributed by atoms with Gasteiger partial charge in [0, 0.05) is 7.05 Å². The smallest absolute Gasteiger partial charge is 0.237 e. The van der Waals surface area contributed by atoms with Crippen molar-refractivity contribution >= 4 is 5.91 Å². The molecule has 0 aliphatic rings. The molecule has 0 spiro atoms. The first kappa shape index (κ1) is 11.6. The second-order valence-corrected chi connectivity index (χ2v) is 3.45. The Kier molecular flexibility index (Phi) is 4.23. The van der Waals surface area contributed by atoms with E-state index in [1.807, 2.05) is 6.92 Å². The summed E-state index contributed by atoms with van der Waals surface area (Å²) in [6.07, 6.45) is 3.19. The number of carbonyl (C=O) groups excluding carboxylic acids is 1. The molecule has 15 heavy (non-hydrogen) atoms. The second kappa shape index (κ2) is 5.45. The standard InChI is InChI=1S/C9H17N5O/c1-3-4-7(10)9(15)11-5-8-12-6-14(2)13-8/h6-7H,3-5,10H2,1-2H3,(H,11,15)/t7-/m0/s1. The number of amides is 1. The molecule has 84 valence electrons. The average molecular weight is 211 g/mol. The third kappa shape index (κ3) is 3.67. The van der Waals surface area contributed by atoms with Crippen LogP contribution in [0.2, 0.25) is 0 Å². The van der Waals surface area contributed by atoms with Gasteiger partial charge in [-0.3, -0.25) is 9.48 Å². The Morgan fingerprint density at radius 1 is 1.73 bits per heavy atom. The molecule has 0 aromatic carbocycles. The Bertz CT molecular complexity index is 322. The minimum Gasteiger partial charge on any atom is -0.347 e. The molecule has 1 heterocycles. The minimum atomic E-state index is -0.432. The fraction of sp³-hybridized carbons (Fsp3) is 0.667. The molecule has 6 heteroatoms. The Balaban J connectivity index is 2.34. The van der Waals surface area contributed by atoms with Gasteiger partial charge in [0.2, 0.25) is 5.91 Å². The molecular formula is C9H17N5O. The first-order valence-corrected chi connectivity index (χ1v) is 5.01. The summed E-state index contributed by atoms with van der Waals surface area (Å²) in [6, 6.07) is -0.432. The largest absolute Gasteiger partial charge is 0.347 e. The van der Waals surface area contributed by atoms with Crippen LogP contribution in [0.25, 0.3) is 0 Å². The number of hydrogen-bond donors (Lipinski definition) is 2. The summed E-state index contributed by atoms with van der Waals surface area (Å²) in [5, 5.41) is 6.73. The van der Waals surface area contributed by atoms with Gasteiger partial charge in [0.05, 0.1) is 12.6 Å². The number of aromatic nitrogens is 3. The summed E-state index contributed by atoms with van der Waals surface area (Å²) >= 11 is 0. The molecule has 1 aromatic heterocycles. The highest BCUT2D eigenvalue weighted by atomic mass is 16.2. The van der Waals surface area contributed by atoms with Crippen LogP contribution in [-0.2, 0) is 18.4 Å². The zero-order chi connectivity index (χ0) is 11.3. The molecule has 0 unspecified atom stereocenters. The monoisotopic (exact) mass is 211 g/mol. The summed E-state index contributed by atoms with van der Waals surface area (Å²) in [6.45, 7) is 2.32. The van der Waals surface area contributed by atoms with Crippen molar-refractivity contribution in [1.29, 1.82) is 0 Å². The molecule has 0 fully saturated rings. The fourth-order valence-electron chi connectivity index (χ4n) is 1.20. The molecular weight excluding hydrogens is 194 g/mol. The zero-order valence-electron chi connectivity index (χ0n) is 9.10. The van der Waals surface area contributed by atoms with Gasteiger partial charge in [-0.25, -0.2) is 4.98 Å². The summed E-state index contributed by atoms with van der Waals surface area (Å²) in [7, 11) is 1.78. The highest BCUT2D eigenvalue weighted by Crippen LogP contribution is 1.94. The first-order chi connectivity index (χ1) is 7.13. The molecule has 6 nitrogen and oxygen atoms in total. The second-order valence-electron chi connectivity index (χ2n) is 3.45. The lowest BCUT2D eigenvalue weighted by atomic mass is 10.2. The van der Waals surface area contributed by atoms with Gasteiger partial charge in [-0.2, -0.15) is 5.10 Å². The van der Waals surface area contributed by atoms with E-state index in [-0.39, 0.29) is 5.91 Å². The van der Waals surface area contributed by atoms with Crippen molar-refractivity contribution in [2.75, 3.05) is 0 Å². The number of rotatable bonds is 5. The number of nitrogens with zero attached hydrogens (tertiary/aromatic N) is 3. The predicted molar refractivity (Wildman–Crippen MR) is 55.7 cm³/mol. The van der Waals surface area contributed by atoms with Crippen LogP contribution in [0.5, 0.6) is 0 Å². The van der Waals surface area contributed by atoms with Crippen molar-refractivity contribution in [1.82, 2.24) is 20.1 Å². The van der Waals surface area contributed by atoms with E-state index in [1.165, 1.54) is 0 Å². The number of hydrogen-bond acceptors (Lipinski definition) is 4. The van der Waals surface area contributed by atoms with Crippen LogP contribution in [0.3, 0.4) is 0 Å². The van der Waals surface area contributed by atoms with Crippen LogP contribution < -0.4 is 11.1 Å². The molecule has 0 saturated carbocycles. The maximum Gasteiger partial charge on any atom is 0.237 e. The van der Waals surface area contributed by atoms with Gasteiger partial charge in [0.1, 0.15) is 6.33 Å². The Morgan fingerprint density at radius 3 is 3.00 bits per heavy atom. The number of carbonyl (C=O) groups is 1. The van der Waals surface area contributed by atoms with Crippen molar-refractivity contribution in [3.05, 3.63) is 12.2 Å². The van der Waals surface area contributed by atoms with Crippen molar-refractivity contribution in [2.45, 2.75) is 32.4 Å². The molecule has 3 N–H and O–H groups in total. The van der Waals surface area contributed by atoms with E-state index < -0.39 is 6.04 Å². The van der Waals surface area contributed by atoms with Crippen LogP contribution in [0.15, 0.2) is 6.33 Å². The van der Waals surface area contributed by atoms with E-state index in [4.69, 9.17) is 5.73 Å². The molecule has 0 bridgehead atoms. The third-order valence-corrected chi connectivity index (χ3v) is 2.00. The summed E-state index contributed by atoms with van der Waals surface area (Å²) in [5.74, 6) is 0.443. The van der Waals surface area contributed by atoms with E-state index in [1.54, 1.807) is 18.1 Å². The van der Waals surface area contributed by atoms with E-state index in [9.17, 15) is 4.79 Å². The van der Waals surface area contributed by atoms with E-state index in [0.29, 0.717) is 18.8 Å². The maximum absolute atomic E-state index is 11.4. The highest BCUT2D eigenvalue weighted by molar-refractivity contribution is 5.81. The van der Waals surface area contributed by atoms with E-state index in [2.05, 4.69) is 15.4 Å². The van der Waals surface area contributed by atoms with Gasteiger partial charge in [0.15, 0.2) is 5.82 Å². The SMILES string of the molecule is CCC[C@H](N)C(=O)NCc1ncn(C)n1. The number of nitrogens with one attached hydrogen (secondary N) is 1. The fourth-order valence-corrected chi connectivity index (χ4v) is 1.20. The van der Waals surface area contributed by atoms with Crippen molar-refractivity contribution < 1.29 is 4.79 Å². The molecule has 1 aromatic rings. The summed E-state index contributed by atoms with van der Waals surface area (Å²) in [4.78, 5) is 15.4. The minimum absolute atomic E-state index is 0.149. The van der Waals surface area contributed by atoms with Crippen molar-refractivity contribution in [2.24, 2.45) is 12.8 Å². The van der Waals surface area contributed by atoms with Gasteiger partial charge in [-0.15, -0.1) is 0 Å².